The largest absolute Gasteiger partial charge is 0.507 e. The molecule has 0 unspecified atom stereocenters. The first kappa shape index (κ1) is 31.6. The molecule has 4 rings (SSSR count). The molecule has 4 aromatic rings. The molecule has 0 saturated carbocycles. The molecule has 0 aliphatic carbocycles. The third kappa shape index (κ3) is 4.26. The third-order valence-electron chi connectivity index (χ3n) is 7.68. The van der Waals surface area contributed by atoms with Crippen LogP contribution in [0.3, 0.4) is 0 Å². The van der Waals surface area contributed by atoms with Gasteiger partial charge in [0.05, 0.1) is 19.5 Å². The van der Waals surface area contributed by atoms with E-state index in [1.165, 1.54) is 13.8 Å². The predicted octanol–water partition coefficient (Wildman–Crippen LogP) is 7.38. The maximum Gasteiger partial charge on any atom is 0.167 e. The number of hydrogen-bond acceptors (Lipinski definition) is 10. The van der Waals surface area contributed by atoms with Crippen LogP contribution in [0.2, 0.25) is 0 Å². The van der Waals surface area contributed by atoms with Crippen molar-refractivity contribution < 1.29 is 40.9 Å². The summed E-state index contributed by atoms with van der Waals surface area (Å²) in [5.74, 6) is -5.07. The van der Waals surface area contributed by atoms with Gasteiger partial charge in [-0.2, -0.15) is 0 Å². The predicted molar refractivity (Wildman–Crippen MR) is 179 cm³/mol. The average Bonchev–Trinajstić information content (AvgIpc) is 2.88. The highest BCUT2D eigenvalue weighted by molar-refractivity contribution is 8.12. The molecule has 8 N–H and O–H groups in total. The van der Waals surface area contributed by atoms with Gasteiger partial charge in [0.2, 0.25) is 0 Å². The zero-order chi connectivity index (χ0) is 31.9. The fourth-order valence-electron chi connectivity index (χ4n) is 5.82. The van der Waals surface area contributed by atoms with Crippen LogP contribution in [0.25, 0.3) is 32.7 Å². The molecule has 0 spiro atoms. The number of fused-ring (bicyclic) bond motifs is 2. The molecule has 0 aliphatic heterocycles. The molecule has 8 nitrogen and oxygen atoms in total. The van der Waals surface area contributed by atoms with Gasteiger partial charge in [-0.3, -0.25) is 0 Å². The van der Waals surface area contributed by atoms with Gasteiger partial charge in [-0.1, -0.05) is 52.1 Å². The number of phenolic OH excluding ortho intramolecular Hbond substituents is 8. The molecule has 0 saturated heterocycles. The van der Waals surface area contributed by atoms with Crippen LogP contribution in [-0.2, 0) is 0 Å². The first-order chi connectivity index (χ1) is 19.4. The first-order valence-corrected chi connectivity index (χ1v) is 14.5. The highest BCUT2D eigenvalue weighted by Crippen LogP contribution is 2.59. The highest BCUT2D eigenvalue weighted by atomic mass is 32.1. The Morgan fingerprint density at radius 3 is 1.00 bits per heavy atom. The lowest BCUT2D eigenvalue weighted by molar-refractivity contribution is 0.397. The van der Waals surface area contributed by atoms with E-state index in [4.69, 9.17) is 24.4 Å². The van der Waals surface area contributed by atoms with Crippen molar-refractivity contribution in [2.24, 2.45) is 0 Å². The maximum atomic E-state index is 11.9. The fraction of sp³-hybridized carbons (Fsp3) is 0.267. The number of aromatic hydroxyl groups is 8. The van der Waals surface area contributed by atoms with Crippen molar-refractivity contribution in [3.05, 3.63) is 33.4 Å². The molecular formula is C30H30O8S4. The number of phenols is 8. The van der Waals surface area contributed by atoms with E-state index in [0.717, 1.165) is 0 Å². The van der Waals surface area contributed by atoms with E-state index in [0.29, 0.717) is 0 Å². The number of hydrogen-bond donors (Lipinski definition) is 10. The van der Waals surface area contributed by atoms with Gasteiger partial charge in [0, 0.05) is 54.9 Å². The van der Waals surface area contributed by atoms with Gasteiger partial charge in [0.15, 0.2) is 23.0 Å². The Hall–Kier alpha value is -3.32. The zero-order valence-corrected chi connectivity index (χ0v) is 26.9. The summed E-state index contributed by atoms with van der Waals surface area (Å²) in [5, 5.41) is 90.2. The van der Waals surface area contributed by atoms with Gasteiger partial charge in [0.25, 0.3) is 0 Å². The summed E-state index contributed by atoms with van der Waals surface area (Å²) in [7, 11) is 0. The molecule has 0 aromatic heterocycles. The second-order valence-corrected chi connectivity index (χ2v) is 13.1. The van der Waals surface area contributed by atoms with Gasteiger partial charge in [-0.25, -0.2) is 0 Å². The summed E-state index contributed by atoms with van der Waals surface area (Å²) >= 11 is 18.8. The average molecular weight is 647 g/mol. The molecular weight excluding hydrogens is 617 g/mol. The lowest BCUT2D eigenvalue weighted by atomic mass is 9.82. The topological polar surface area (TPSA) is 162 Å². The summed E-state index contributed by atoms with van der Waals surface area (Å²) in [6.45, 7) is 9.82. The quantitative estimate of drug-likeness (QED) is 0.0458. The summed E-state index contributed by atoms with van der Waals surface area (Å²) in [4.78, 5) is 0. The van der Waals surface area contributed by atoms with Gasteiger partial charge in [-0.05, 0) is 25.7 Å². The molecule has 0 amide bonds. The Bertz CT molecular complexity index is 1760. The molecule has 42 heavy (non-hydrogen) atoms. The van der Waals surface area contributed by atoms with Crippen LogP contribution in [-0.4, -0.2) is 49.2 Å². The summed E-state index contributed by atoms with van der Waals surface area (Å²) in [6.07, 6.45) is 0. The summed E-state index contributed by atoms with van der Waals surface area (Å²) in [5.41, 5.74) is -0.299. The SMILES string of the molecule is Cc1c(-c2c(C)c(O)c3c(C(C)C)c(O)c(O)c(C(=S)S)c3c2O)c(O)c2c(C(=S)S)c(O)c(O)c(C(C)C)c2c1O. The minimum atomic E-state index is -0.650. The van der Waals surface area contributed by atoms with Crippen molar-refractivity contribution in [2.75, 3.05) is 0 Å². The maximum absolute atomic E-state index is 11.9. The minimum Gasteiger partial charge on any atom is -0.507 e. The van der Waals surface area contributed by atoms with E-state index in [1.807, 2.05) is 0 Å². The van der Waals surface area contributed by atoms with E-state index >= 15 is 0 Å². The second-order valence-electron chi connectivity index (χ2n) is 10.8. The molecule has 4 aromatic carbocycles. The lowest BCUT2D eigenvalue weighted by Gasteiger charge is -2.25. The van der Waals surface area contributed by atoms with Crippen LogP contribution in [0.4, 0.5) is 0 Å². The fourth-order valence-corrected chi connectivity index (χ4v) is 6.65. The van der Waals surface area contributed by atoms with E-state index in [2.05, 4.69) is 25.3 Å². The van der Waals surface area contributed by atoms with Gasteiger partial charge in [0.1, 0.15) is 23.0 Å². The lowest BCUT2D eigenvalue weighted by Crippen LogP contribution is -2.03. The summed E-state index contributed by atoms with van der Waals surface area (Å²) < 4.78 is -0.390. The normalized spacial score (nSPS) is 11.8. The molecule has 0 radical (unpaired) electrons. The van der Waals surface area contributed by atoms with Crippen LogP contribution in [0.1, 0.15) is 72.9 Å². The Labute approximate surface area is 263 Å². The third-order valence-corrected chi connectivity index (χ3v) is 8.54. The van der Waals surface area contributed by atoms with Crippen molar-refractivity contribution in [2.45, 2.75) is 53.4 Å². The van der Waals surface area contributed by atoms with E-state index < -0.39 is 46.3 Å². The highest BCUT2D eigenvalue weighted by Gasteiger charge is 2.34. The van der Waals surface area contributed by atoms with E-state index in [-0.39, 0.29) is 85.9 Å². The molecule has 0 bridgehead atoms. The van der Waals surface area contributed by atoms with Crippen LogP contribution in [0, 0.1) is 13.8 Å². The van der Waals surface area contributed by atoms with Crippen molar-refractivity contribution >= 4 is 79.6 Å². The van der Waals surface area contributed by atoms with Gasteiger partial charge >= 0.3 is 0 Å². The Balaban J connectivity index is 2.41. The Morgan fingerprint density at radius 1 is 0.476 bits per heavy atom. The molecule has 12 heteroatoms. The number of benzene rings is 4. The van der Waals surface area contributed by atoms with Gasteiger partial charge < -0.3 is 40.9 Å². The minimum absolute atomic E-state index is 0.0227. The van der Waals surface area contributed by atoms with E-state index in [9.17, 15) is 40.9 Å². The van der Waals surface area contributed by atoms with Crippen LogP contribution < -0.4 is 0 Å². The van der Waals surface area contributed by atoms with Crippen LogP contribution in [0.5, 0.6) is 46.0 Å². The molecule has 0 atom stereocenters. The molecule has 0 aliphatic rings. The zero-order valence-electron chi connectivity index (χ0n) is 23.4. The molecule has 222 valence electrons. The number of rotatable bonds is 5. The Kier molecular flexibility index (Phi) is 8.09. The van der Waals surface area contributed by atoms with Crippen molar-refractivity contribution in [3.8, 4) is 57.1 Å². The van der Waals surface area contributed by atoms with E-state index in [1.54, 1.807) is 27.7 Å². The van der Waals surface area contributed by atoms with Crippen molar-refractivity contribution in [1.29, 1.82) is 0 Å². The molecule has 0 fully saturated rings. The van der Waals surface area contributed by atoms with Crippen LogP contribution in [0.15, 0.2) is 0 Å². The summed E-state index contributed by atoms with van der Waals surface area (Å²) in [6, 6.07) is 0. The first-order valence-electron chi connectivity index (χ1n) is 12.8. The van der Waals surface area contributed by atoms with Crippen LogP contribution >= 0.6 is 49.7 Å². The van der Waals surface area contributed by atoms with Gasteiger partial charge in [-0.15, -0.1) is 25.3 Å². The number of thiol groups is 2. The second kappa shape index (κ2) is 10.7. The Morgan fingerprint density at radius 2 is 0.762 bits per heavy atom. The molecule has 0 heterocycles. The smallest absolute Gasteiger partial charge is 0.167 e. The van der Waals surface area contributed by atoms with Crippen molar-refractivity contribution in [1.82, 2.24) is 0 Å². The van der Waals surface area contributed by atoms with Crippen molar-refractivity contribution in [3.63, 3.8) is 0 Å². The number of thiocarbonyl (C=S) groups is 2. The monoisotopic (exact) mass is 646 g/mol. The standard InChI is InChI=1S/C30H30O8S4/c1-7(2)11-15-17(19(29(39)40)27(37)25(11)35)23(33)13(9(5)21(15)31)14-10(6)22(32)16-12(8(3)4)26(36)28(38)20(30(41)42)18(16)24(14)34/h7-8,31-38H,1-6H3,(H,39,40)(H,41,42).